The van der Waals surface area contributed by atoms with Crippen molar-refractivity contribution in [1.29, 1.82) is 0 Å². The molecule has 10 aromatic carbocycles. The van der Waals surface area contributed by atoms with Crippen molar-refractivity contribution in [1.82, 2.24) is 15.0 Å². The molecule has 0 saturated heterocycles. The molecule has 0 radical (unpaired) electrons. The van der Waals surface area contributed by atoms with Crippen molar-refractivity contribution >= 4 is 32.4 Å². The van der Waals surface area contributed by atoms with Gasteiger partial charge in [-0.2, -0.15) is 0 Å². The van der Waals surface area contributed by atoms with Gasteiger partial charge in [-0.25, -0.2) is 15.0 Å². The molecule has 0 amide bonds. The number of rotatable bonds is 8. The first kappa shape index (κ1) is 38.9. The highest BCUT2D eigenvalue weighted by Crippen LogP contribution is 2.39. The summed E-state index contributed by atoms with van der Waals surface area (Å²) < 4.78 is 0. The third-order valence-electron chi connectivity index (χ3n) is 12.7. The molecule has 0 atom stereocenters. The maximum absolute atomic E-state index is 5.34. The maximum atomic E-state index is 5.34. The highest BCUT2D eigenvalue weighted by Gasteiger charge is 2.16. The van der Waals surface area contributed by atoms with E-state index in [1.54, 1.807) is 0 Å². The van der Waals surface area contributed by atoms with E-state index in [9.17, 15) is 0 Å². The predicted molar refractivity (Wildman–Crippen MR) is 276 cm³/mol. The number of benzene rings is 10. The van der Waals surface area contributed by atoms with E-state index in [1.165, 1.54) is 49.5 Å². The zero-order valence-electron chi connectivity index (χ0n) is 36.0. The number of fused-ring (bicyclic) bond motifs is 5. The summed E-state index contributed by atoms with van der Waals surface area (Å²) in [5.74, 6) is 0.682. The van der Waals surface area contributed by atoms with E-state index < -0.39 is 0 Å². The standard InChI is InChI=1S/C63H41N3/c1-4-12-42(13-5-1)45-20-28-50(29-21-45)59-41-60(51-30-22-46(23-31-51)43-14-6-2-7-15-43)66-63(65-59)53-34-26-48(27-35-53)47-24-32-52(33-25-47)62-56-38-36-49-18-10-11-19-55(49)61(56)57-40-54(37-39-58(57)64-62)44-16-8-3-9-17-44/h1-41H. The summed E-state index contributed by atoms with van der Waals surface area (Å²) in [5, 5.41) is 5.98. The van der Waals surface area contributed by atoms with Gasteiger partial charge in [0.2, 0.25) is 0 Å². The molecule has 3 nitrogen and oxygen atoms in total. The Kier molecular flexibility index (Phi) is 9.85. The number of hydrogen-bond donors (Lipinski definition) is 0. The molecule has 0 saturated carbocycles. The van der Waals surface area contributed by atoms with Gasteiger partial charge in [0, 0.05) is 38.4 Å². The summed E-state index contributed by atoms with van der Waals surface area (Å²) in [6.07, 6.45) is 0. The van der Waals surface area contributed by atoms with Crippen LogP contribution in [0, 0.1) is 0 Å². The molecule has 2 heterocycles. The SMILES string of the molecule is c1ccc(-c2ccc(-c3cc(-c4ccc(-c5ccccc5)cc4)nc(-c4ccc(-c5ccc(-c6nc7ccc(-c8ccccc8)cc7c7c6ccc6ccccc67)cc5)cc4)n3)cc2)cc1. The summed E-state index contributed by atoms with van der Waals surface area (Å²) in [7, 11) is 0. The number of hydrogen-bond acceptors (Lipinski definition) is 3. The van der Waals surface area contributed by atoms with Crippen LogP contribution in [0.4, 0.5) is 0 Å². The van der Waals surface area contributed by atoms with Crippen molar-refractivity contribution in [2.75, 3.05) is 0 Å². The summed E-state index contributed by atoms with van der Waals surface area (Å²) >= 11 is 0. The van der Waals surface area contributed by atoms with Gasteiger partial charge in [-0.3, -0.25) is 0 Å². The molecule has 0 fully saturated rings. The van der Waals surface area contributed by atoms with Crippen LogP contribution in [0.5, 0.6) is 0 Å². The van der Waals surface area contributed by atoms with Crippen LogP contribution >= 0.6 is 0 Å². The minimum absolute atomic E-state index is 0.682. The van der Waals surface area contributed by atoms with Gasteiger partial charge in [-0.1, -0.05) is 231 Å². The second kappa shape index (κ2) is 16.7. The Morgan fingerprint density at radius 2 is 0.636 bits per heavy atom. The van der Waals surface area contributed by atoms with Crippen LogP contribution in [0.1, 0.15) is 0 Å². The fourth-order valence-electron chi connectivity index (χ4n) is 9.24. The van der Waals surface area contributed by atoms with Gasteiger partial charge in [-0.05, 0) is 73.5 Å². The van der Waals surface area contributed by atoms with E-state index >= 15 is 0 Å². The van der Waals surface area contributed by atoms with E-state index in [2.05, 4.69) is 237 Å². The van der Waals surface area contributed by atoms with E-state index in [-0.39, 0.29) is 0 Å². The van der Waals surface area contributed by atoms with Crippen LogP contribution in [0.25, 0.3) is 122 Å². The van der Waals surface area contributed by atoms with E-state index in [0.29, 0.717) is 5.82 Å². The number of nitrogens with zero attached hydrogens (tertiary/aromatic N) is 3. The molecule has 3 heteroatoms. The van der Waals surface area contributed by atoms with Gasteiger partial charge >= 0.3 is 0 Å². The summed E-state index contributed by atoms with van der Waals surface area (Å²) in [4.78, 5) is 15.7. The molecule has 0 bridgehead atoms. The van der Waals surface area contributed by atoms with Crippen LogP contribution < -0.4 is 0 Å². The maximum Gasteiger partial charge on any atom is 0.160 e. The molecule has 12 rings (SSSR count). The molecule has 0 unspecified atom stereocenters. The van der Waals surface area contributed by atoms with E-state index in [4.69, 9.17) is 15.0 Å². The first-order chi connectivity index (χ1) is 32.7. The van der Waals surface area contributed by atoms with Gasteiger partial charge in [-0.15, -0.1) is 0 Å². The zero-order chi connectivity index (χ0) is 43.8. The lowest BCUT2D eigenvalue weighted by molar-refractivity contribution is 1.18. The molecule has 2 aromatic heterocycles. The van der Waals surface area contributed by atoms with Crippen molar-refractivity contribution in [3.05, 3.63) is 249 Å². The molecule has 0 N–H and O–H groups in total. The van der Waals surface area contributed by atoms with Crippen LogP contribution in [-0.4, -0.2) is 15.0 Å². The smallest absolute Gasteiger partial charge is 0.160 e. The van der Waals surface area contributed by atoms with Crippen molar-refractivity contribution in [3.8, 4) is 89.7 Å². The molecule has 0 spiro atoms. The van der Waals surface area contributed by atoms with Gasteiger partial charge in [0.05, 0.1) is 22.6 Å². The second-order valence-electron chi connectivity index (χ2n) is 16.8. The monoisotopic (exact) mass is 839 g/mol. The Morgan fingerprint density at radius 1 is 0.227 bits per heavy atom. The summed E-state index contributed by atoms with van der Waals surface area (Å²) in [6, 6.07) is 88.1. The Balaban J connectivity index is 0.888. The Morgan fingerprint density at radius 3 is 1.17 bits per heavy atom. The van der Waals surface area contributed by atoms with Crippen LogP contribution in [0.15, 0.2) is 249 Å². The molecule has 12 aromatic rings. The topological polar surface area (TPSA) is 38.7 Å². The van der Waals surface area contributed by atoms with Gasteiger partial charge in [0.1, 0.15) is 0 Å². The second-order valence-corrected chi connectivity index (χ2v) is 16.8. The molecular formula is C63H41N3. The summed E-state index contributed by atoms with van der Waals surface area (Å²) in [6.45, 7) is 0. The van der Waals surface area contributed by atoms with Crippen molar-refractivity contribution in [2.45, 2.75) is 0 Å². The lowest BCUT2D eigenvalue weighted by atomic mass is 9.93. The minimum Gasteiger partial charge on any atom is -0.247 e. The lowest BCUT2D eigenvalue weighted by Crippen LogP contribution is -1.96. The highest BCUT2D eigenvalue weighted by atomic mass is 14.9. The molecule has 308 valence electrons. The van der Waals surface area contributed by atoms with Gasteiger partial charge in [0.15, 0.2) is 5.82 Å². The average Bonchev–Trinajstić information content (AvgIpc) is 3.41. The Bertz CT molecular complexity index is 3580. The third-order valence-corrected chi connectivity index (χ3v) is 12.7. The third kappa shape index (κ3) is 7.39. The van der Waals surface area contributed by atoms with Crippen molar-refractivity contribution in [3.63, 3.8) is 0 Å². The van der Waals surface area contributed by atoms with Gasteiger partial charge < -0.3 is 0 Å². The predicted octanol–water partition coefficient (Wildman–Crippen LogP) is 16.7. The average molecular weight is 840 g/mol. The van der Waals surface area contributed by atoms with Crippen LogP contribution in [0.3, 0.4) is 0 Å². The minimum atomic E-state index is 0.682. The quantitative estimate of drug-likeness (QED) is 0.143. The normalized spacial score (nSPS) is 11.3. The summed E-state index contributed by atoms with van der Waals surface area (Å²) in [5.41, 5.74) is 17.2. The fourth-order valence-corrected chi connectivity index (χ4v) is 9.24. The molecular weight excluding hydrogens is 799 g/mol. The molecule has 66 heavy (non-hydrogen) atoms. The highest BCUT2D eigenvalue weighted by molar-refractivity contribution is 6.22. The Labute approximate surface area is 384 Å². The Hall–Kier alpha value is -8.79. The van der Waals surface area contributed by atoms with Crippen molar-refractivity contribution in [2.24, 2.45) is 0 Å². The molecule has 0 aliphatic rings. The van der Waals surface area contributed by atoms with Crippen molar-refractivity contribution < 1.29 is 0 Å². The first-order valence-electron chi connectivity index (χ1n) is 22.4. The largest absolute Gasteiger partial charge is 0.247 e. The fraction of sp³-hybridized carbons (Fsp3) is 0. The van der Waals surface area contributed by atoms with Gasteiger partial charge in [0.25, 0.3) is 0 Å². The van der Waals surface area contributed by atoms with E-state index in [1.807, 2.05) is 12.1 Å². The van der Waals surface area contributed by atoms with E-state index in [0.717, 1.165) is 66.8 Å². The molecule has 0 aliphatic heterocycles. The zero-order valence-corrected chi connectivity index (χ0v) is 36.0. The number of pyridine rings is 1. The molecule has 0 aliphatic carbocycles. The number of aromatic nitrogens is 3. The van der Waals surface area contributed by atoms with Crippen LogP contribution in [-0.2, 0) is 0 Å². The first-order valence-corrected chi connectivity index (χ1v) is 22.4. The lowest BCUT2D eigenvalue weighted by Gasteiger charge is -2.14. The van der Waals surface area contributed by atoms with Crippen LogP contribution in [0.2, 0.25) is 0 Å².